The first-order chi connectivity index (χ1) is 23.1. The van der Waals surface area contributed by atoms with E-state index in [1.165, 1.54) is 90.2 Å². The molecule has 276 valence electrons. The second-order valence-corrected chi connectivity index (χ2v) is 21.3. The normalized spacial score (nSPS) is 13.1. The summed E-state index contributed by atoms with van der Waals surface area (Å²) in [4.78, 5) is 0. The van der Waals surface area contributed by atoms with Gasteiger partial charge in [-0.1, -0.05) is 106 Å². The van der Waals surface area contributed by atoms with Crippen LogP contribution < -0.4 is 0 Å². The molecule has 0 unspecified atom stereocenters. The number of allylic oxidation sites excluding steroid dienone is 4. The molecule has 0 amide bonds. The Morgan fingerprint density at radius 2 is 1.04 bits per heavy atom. The predicted octanol–water partition coefficient (Wildman–Crippen LogP) is 14.4. The number of benzene rings is 4. The number of rotatable bonds is 2. The van der Waals surface area contributed by atoms with Crippen molar-refractivity contribution in [3.05, 3.63) is 149 Å². The molecule has 4 aromatic carbocycles. The van der Waals surface area contributed by atoms with Crippen molar-refractivity contribution in [3.8, 4) is 11.1 Å². The summed E-state index contributed by atoms with van der Waals surface area (Å²) < 4.78 is 3.99. The summed E-state index contributed by atoms with van der Waals surface area (Å²) >= 11 is 6.13. The van der Waals surface area contributed by atoms with E-state index in [1.54, 1.807) is 0 Å². The van der Waals surface area contributed by atoms with Crippen LogP contribution in [0, 0.1) is 19.3 Å². The summed E-state index contributed by atoms with van der Waals surface area (Å²) in [5, 5.41) is 0. The fourth-order valence-corrected chi connectivity index (χ4v) is 7.90. The zero-order valence-corrected chi connectivity index (χ0v) is 41.5. The maximum atomic E-state index is 3.90. The molecular weight excluding hydrogens is 980 g/mol. The Bertz CT molecular complexity index is 1750. The van der Waals surface area contributed by atoms with Crippen LogP contribution in [0.15, 0.2) is 85.0 Å². The average molecular weight is 1040 g/mol. The summed E-state index contributed by atoms with van der Waals surface area (Å²) in [6.07, 6.45) is 11.0. The molecule has 52 heavy (non-hydrogen) atoms. The molecule has 0 fully saturated rings. The van der Waals surface area contributed by atoms with Gasteiger partial charge >= 0.3 is 139 Å². The van der Waals surface area contributed by atoms with Crippen molar-refractivity contribution in [3.63, 3.8) is 0 Å². The summed E-state index contributed by atoms with van der Waals surface area (Å²) in [7, 11) is 0. The Labute approximate surface area is 371 Å². The molecule has 0 aliphatic heterocycles. The minimum absolute atomic E-state index is 0. The quantitative estimate of drug-likeness (QED) is 0.122. The van der Waals surface area contributed by atoms with E-state index in [4.69, 9.17) is 0 Å². The molecule has 0 atom stereocenters. The topological polar surface area (TPSA) is 0 Å². The van der Waals surface area contributed by atoms with E-state index in [0.29, 0.717) is 0 Å². The van der Waals surface area contributed by atoms with Crippen LogP contribution in [0.2, 0.25) is 0 Å². The Morgan fingerprint density at radius 1 is 0.596 bits per heavy atom. The van der Waals surface area contributed by atoms with Gasteiger partial charge in [-0.05, 0) is 39.4 Å². The van der Waals surface area contributed by atoms with Gasteiger partial charge in [0.15, 0.2) is 0 Å². The Balaban J connectivity index is 0.000000340. The van der Waals surface area contributed by atoms with Crippen LogP contribution in [-0.2, 0) is 52.3 Å². The van der Waals surface area contributed by atoms with E-state index in [9.17, 15) is 0 Å². The van der Waals surface area contributed by atoms with Gasteiger partial charge in [-0.2, -0.15) is 23.8 Å². The Morgan fingerprint density at radius 3 is 1.40 bits per heavy atom. The van der Waals surface area contributed by atoms with Gasteiger partial charge in [0.2, 0.25) is 0 Å². The summed E-state index contributed by atoms with van der Waals surface area (Å²) in [5.74, 6) is 0. The fourth-order valence-electron chi connectivity index (χ4n) is 6.36. The summed E-state index contributed by atoms with van der Waals surface area (Å²) in [6, 6.07) is 28.8. The van der Waals surface area contributed by atoms with Crippen molar-refractivity contribution in [2.45, 2.75) is 118 Å². The van der Waals surface area contributed by atoms with E-state index in [1.807, 2.05) is 12.2 Å². The van der Waals surface area contributed by atoms with Gasteiger partial charge in [0.05, 0.1) is 0 Å². The molecule has 0 radical (unpaired) electrons. The van der Waals surface area contributed by atoms with Gasteiger partial charge in [0.1, 0.15) is 0 Å². The first-order valence-corrected chi connectivity index (χ1v) is 21.1. The average Bonchev–Trinajstić information content (AvgIpc) is 3.71. The molecule has 5 heteroatoms. The third-order valence-electron chi connectivity index (χ3n) is 9.09. The second kappa shape index (κ2) is 18.9. The van der Waals surface area contributed by atoms with E-state index < -0.39 is 0 Å². The fraction of sp³-hybridized carbons (Fsp3) is 0.383. The van der Waals surface area contributed by atoms with Crippen LogP contribution in [0.1, 0.15) is 134 Å². The summed E-state index contributed by atoms with van der Waals surface area (Å²) in [6.45, 7) is 28.0. The SMILES string of the molecule is CC(C)(C)c1[c-]c2c(cc1C(C)(C)C)-c1cc(C(C)(C)C)c(C(C)(C)C)cc1C2.Cl.Cl.[C-]1=CC=CC1.[Zr+2]=[C](c1ccc(I)cc1)c1ccc(I)cc1. The third kappa shape index (κ3) is 12.3. The first kappa shape index (κ1) is 47.3. The molecule has 0 aromatic heterocycles. The molecule has 0 N–H and O–H groups in total. The van der Waals surface area contributed by atoms with Crippen LogP contribution in [0.4, 0.5) is 0 Å². The molecule has 2 aliphatic carbocycles. The minimum atomic E-state index is 0. The van der Waals surface area contributed by atoms with Gasteiger partial charge in [-0.15, -0.1) is 47.9 Å². The number of fused-ring (bicyclic) bond motifs is 3. The van der Waals surface area contributed by atoms with E-state index in [-0.39, 0.29) is 46.5 Å². The van der Waals surface area contributed by atoms with Gasteiger partial charge in [0, 0.05) is 0 Å². The zero-order valence-electron chi connectivity index (χ0n) is 33.1. The van der Waals surface area contributed by atoms with Crippen molar-refractivity contribution in [2.75, 3.05) is 0 Å². The van der Waals surface area contributed by atoms with Crippen molar-refractivity contribution >= 4 is 73.2 Å². The molecule has 6 rings (SSSR count). The number of hydrogen-bond donors (Lipinski definition) is 0. The van der Waals surface area contributed by atoms with Crippen LogP contribution in [0.5, 0.6) is 0 Å². The van der Waals surface area contributed by atoms with Crippen molar-refractivity contribution in [2.24, 2.45) is 0 Å². The molecule has 2 aliphatic rings. The van der Waals surface area contributed by atoms with Gasteiger partial charge < -0.3 is 0 Å². The first-order valence-electron chi connectivity index (χ1n) is 17.7. The maximum absolute atomic E-state index is 3.90. The van der Waals surface area contributed by atoms with Gasteiger partial charge in [-0.25, -0.2) is 12.2 Å². The molecule has 0 saturated carbocycles. The van der Waals surface area contributed by atoms with E-state index in [2.05, 4.69) is 213 Å². The standard InChI is InChI=1S/C29H41.C13H8I2.C5H5.2ClH.Zr/c1-26(2,3)22-14-18-13-19-15-23(27(4,5)6)25(29(10,11)12)17-21(19)20(18)16-24(22)28(7,8)9;14-12-5-1-10(2-6-12)9-11-3-7-13(15)8-4-11;1-2-4-5-3-1;;;/h14,16-17H,13H2,1-12H3;1-8H;1-3H,4H2;2*1H;/q-1;;-1;;;+2. The molecule has 0 nitrogen and oxygen atoms in total. The predicted molar refractivity (Wildman–Crippen MR) is 246 cm³/mol. The van der Waals surface area contributed by atoms with E-state index >= 15 is 0 Å². The molecule has 0 saturated heterocycles. The number of hydrogen-bond acceptors (Lipinski definition) is 0. The number of halogens is 4. The van der Waals surface area contributed by atoms with Crippen LogP contribution in [0.25, 0.3) is 11.1 Å². The summed E-state index contributed by atoms with van der Waals surface area (Å²) in [5.41, 5.74) is 14.6. The molecule has 0 spiro atoms. The Hall–Kier alpha value is -0.847. The van der Waals surface area contributed by atoms with Gasteiger partial charge in [0.25, 0.3) is 0 Å². The monoisotopic (exact) mass is 1030 g/mol. The Kier molecular flexibility index (Phi) is 17.2. The van der Waals surface area contributed by atoms with Gasteiger partial charge in [-0.3, -0.25) is 6.08 Å². The van der Waals surface area contributed by atoms with Crippen LogP contribution in [-0.4, -0.2) is 3.21 Å². The molecular formula is C47H56Cl2I2Zr. The van der Waals surface area contributed by atoms with Crippen LogP contribution >= 0.6 is 70.0 Å². The molecule has 0 bridgehead atoms. The van der Waals surface area contributed by atoms with Crippen molar-refractivity contribution in [1.29, 1.82) is 0 Å². The third-order valence-corrected chi connectivity index (χ3v) is 11.9. The molecule has 0 heterocycles. The van der Waals surface area contributed by atoms with Crippen molar-refractivity contribution in [1.82, 2.24) is 0 Å². The van der Waals surface area contributed by atoms with Crippen LogP contribution in [0.3, 0.4) is 0 Å². The van der Waals surface area contributed by atoms with E-state index in [0.717, 1.165) is 12.8 Å². The second-order valence-electron chi connectivity index (χ2n) is 17.6. The van der Waals surface area contributed by atoms with Crippen molar-refractivity contribution < 1.29 is 24.2 Å². The molecule has 4 aromatic rings. The zero-order chi connectivity index (χ0) is 37.2.